The van der Waals surface area contributed by atoms with Crippen LogP contribution in [-0.4, -0.2) is 66.1 Å². The second-order valence-corrected chi connectivity index (χ2v) is 6.96. The van der Waals surface area contributed by atoms with Crippen molar-refractivity contribution in [3.05, 3.63) is 42.2 Å². The molecule has 1 saturated heterocycles. The summed E-state index contributed by atoms with van der Waals surface area (Å²) in [6.45, 7) is 7.33. The Labute approximate surface area is 176 Å². The van der Waals surface area contributed by atoms with Crippen LogP contribution >= 0.6 is 0 Å². The molecule has 0 saturated carbocycles. The molecular weight excluding hydrogens is 384 g/mol. The third-order valence-electron chi connectivity index (χ3n) is 4.85. The van der Waals surface area contributed by atoms with Crippen LogP contribution in [0.15, 0.2) is 36.7 Å². The Morgan fingerprint density at radius 3 is 2.53 bits per heavy atom. The van der Waals surface area contributed by atoms with E-state index in [0.29, 0.717) is 44.4 Å². The summed E-state index contributed by atoms with van der Waals surface area (Å²) >= 11 is 0. The van der Waals surface area contributed by atoms with Crippen LogP contribution in [0, 0.1) is 6.92 Å². The number of benzene rings is 1. The molecule has 1 aromatic carbocycles. The Bertz CT molecular complexity index is 853. The van der Waals surface area contributed by atoms with Gasteiger partial charge in [0.15, 0.2) is 0 Å². The van der Waals surface area contributed by atoms with E-state index in [9.17, 15) is 9.59 Å². The number of ether oxygens (including phenoxy) is 1. The van der Waals surface area contributed by atoms with Gasteiger partial charge in [-0.3, -0.25) is 4.79 Å². The van der Waals surface area contributed by atoms with E-state index in [-0.39, 0.29) is 24.9 Å². The van der Waals surface area contributed by atoms with Gasteiger partial charge in [0.05, 0.1) is 6.61 Å². The number of piperazine rings is 1. The van der Waals surface area contributed by atoms with Gasteiger partial charge in [-0.25, -0.2) is 14.8 Å². The fourth-order valence-electron chi connectivity index (χ4n) is 3.25. The molecule has 30 heavy (non-hydrogen) atoms. The molecule has 2 heterocycles. The first-order chi connectivity index (χ1) is 14.6. The van der Waals surface area contributed by atoms with Crippen molar-refractivity contribution in [2.24, 2.45) is 0 Å². The lowest BCUT2D eigenvalue weighted by atomic mass is 10.2. The number of carbonyl (C=O) groups excluding carboxylic acids is 2. The average Bonchev–Trinajstić information content (AvgIpc) is 2.76. The first kappa shape index (κ1) is 21.4. The lowest BCUT2D eigenvalue weighted by Gasteiger charge is -2.34. The number of carbonyl (C=O) groups is 2. The Morgan fingerprint density at radius 2 is 1.87 bits per heavy atom. The molecule has 0 radical (unpaired) electrons. The number of nitrogens with zero attached hydrogens (tertiary/aromatic N) is 4. The van der Waals surface area contributed by atoms with Crippen molar-refractivity contribution in [3.63, 3.8) is 0 Å². The van der Waals surface area contributed by atoms with Crippen LogP contribution in [-0.2, 0) is 4.79 Å². The van der Waals surface area contributed by atoms with Crippen molar-refractivity contribution < 1.29 is 14.3 Å². The van der Waals surface area contributed by atoms with E-state index in [4.69, 9.17) is 4.74 Å². The molecule has 0 unspecified atom stereocenters. The summed E-state index contributed by atoms with van der Waals surface area (Å²) in [4.78, 5) is 36.9. The van der Waals surface area contributed by atoms with Crippen LogP contribution in [0.1, 0.15) is 18.9 Å². The van der Waals surface area contributed by atoms with Gasteiger partial charge < -0.3 is 25.2 Å². The molecule has 9 heteroatoms. The van der Waals surface area contributed by atoms with Gasteiger partial charge in [0.1, 0.15) is 5.75 Å². The highest BCUT2D eigenvalue weighted by Crippen LogP contribution is 2.21. The number of amides is 3. The third-order valence-corrected chi connectivity index (χ3v) is 4.85. The zero-order valence-electron chi connectivity index (χ0n) is 17.4. The highest BCUT2D eigenvalue weighted by atomic mass is 16.5. The van der Waals surface area contributed by atoms with Crippen LogP contribution in [0.5, 0.6) is 5.75 Å². The van der Waals surface area contributed by atoms with E-state index < -0.39 is 0 Å². The Kier molecular flexibility index (Phi) is 7.42. The van der Waals surface area contributed by atoms with Crippen molar-refractivity contribution in [3.8, 4) is 5.75 Å². The van der Waals surface area contributed by atoms with E-state index in [0.717, 1.165) is 11.3 Å². The number of nitrogens with one attached hydrogen (secondary N) is 2. The molecule has 3 rings (SSSR count). The Balaban J connectivity index is 1.38. The summed E-state index contributed by atoms with van der Waals surface area (Å²) in [5.74, 6) is 1.49. The van der Waals surface area contributed by atoms with Gasteiger partial charge in [0, 0.05) is 57.2 Å². The fraction of sp³-hybridized carbons (Fsp3) is 0.429. The molecule has 1 aromatic heterocycles. The minimum atomic E-state index is -0.332. The maximum atomic E-state index is 12.4. The van der Waals surface area contributed by atoms with Crippen LogP contribution in [0.25, 0.3) is 0 Å². The first-order valence-corrected chi connectivity index (χ1v) is 10.1. The molecule has 0 atom stereocenters. The summed E-state index contributed by atoms with van der Waals surface area (Å²) in [5.41, 5.74) is 1.62. The molecular formula is C21H28N6O3. The summed E-state index contributed by atoms with van der Waals surface area (Å²) in [5, 5.41) is 5.55. The van der Waals surface area contributed by atoms with Gasteiger partial charge in [-0.05, 0) is 43.7 Å². The smallest absolute Gasteiger partial charge is 0.319 e. The molecule has 160 valence electrons. The second-order valence-electron chi connectivity index (χ2n) is 6.96. The van der Waals surface area contributed by atoms with Crippen molar-refractivity contribution >= 4 is 23.6 Å². The quantitative estimate of drug-likeness (QED) is 0.722. The number of urea groups is 1. The van der Waals surface area contributed by atoms with E-state index in [1.165, 1.54) is 0 Å². The normalized spacial score (nSPS) is 13.7. The number of hydrogen-bond acceptors (Lipinski definition) is 6. The molecule has 1 aliphatic heterocycles. The van der Waals surface area contributed by atoms with Crippen molar-refractivity contribution in [2.45, 2.75) is 20.3 Å². The molecule has 3 amide bonds. The van der Waals surface area contributed by atoms with Gasteiger partial charge in [-0.15, -0.1) is 0 Å². The number of hydrogen-bond donors (Lipinski definition) is 2. The molecule has 2 aromatic rings. The van der Waals surface area contributed by atoms with Crippen molar-refractivity contribution in [2.75, 3.05) is 49.5 Å². The van der Waals surface area contributed by atoms with E-state index in [1.54, 1.807) is 24.5 Å². The second kappa shape index (κ2) is 10.4. The molecule has 9 nitrogen and oxygen atoms in total. The number of anilines is 2. The Hall–Kier alpha value is -3.36. The van der Waals surface area contributed by atoms with Crippen LogP contribution in [0.2, 0.25) is 0 Å². The lowest BCUT2D eigenvalue weighted by molar-refractivity contribution is -0.131. The highest BCUT2D eigenvalue weighted by molar-refractivity contribution is 5.90. The lowest BCUT2D eigenvalue weighted by Crippen LogP contribution is -2.49. The molecule has 1 aliphatic rings. The summed E-state index contributed by atoms with van der Waals surface area (Å²) < 4.78 is 5.45. The fourth-order valence-corrected chi connectivity index (χ4v) is 3.25. The molecule has 1 fully saturated rings. The maximum absolute atomic E-state index is 12.4. The topological polar surface area (TPSA) is 99.7 Å². The zero-order chi connectivity index (χ0) is 21.3. The minimum absolute atomic E-state index is 0.0289. The highest BCUT2D eigenvalue weighted by Gasteiger charge is 2.22. The molecule has 0 spiro atoms. The zero-order valence-corrected chi connectivity index (χ0v) is 17.4. The van der Waals surface area contributed by atoms with E-state index >= 15 is 0 Å². The van der Waals surface area contributed by atoms with E-state index in [2.05, 4.69) is 25.5 Å². The van der Waals surface area contributed by atoms with Crippen molar-refractivity contribution in [1.29, 1.82) is 0 Å². The minimum Gasteiger partial charge on any atom is -0.494 e. The molecule has 0 bridgehead atoms. The first-order valence-electron chi connectivity index (χ1n) is 10.1. The van der Waals surface area contributed by atoms with E-state index in [1.807, 2.05) is 30.9 Å². The average molecular weight is 412 g/mol. The molecule has 0 aliphatic carbocycles. The van der Waals surface area contributed by atoms with Gasteiger partial charge in [-0.2, -0.15) is 0 Å². The van der Waals surface area contributed by atoms with Crippen LogP contribution < -0.4 is 20.3 Å². The van der Waals surface area contributed by atoms with Gasteiger partial charge in [0.25, 0.3) is 0 Å². The van der Waals surface area contributed by atoms with Crippen molar-refractivity contribution in [1.82, 2.24) is 20.2 Å². The van der Waals surface area contributed by atoms with Crippen LogP contribution in [0.4, 0.5) is 16.4 Å². The van der Waals surface area contributed by atoms with Gasteiger partial charge >= 0.3 is 6.03 Å². The number of aromatic nitrogens is 2. The predicted octanol–water partition coefficient (Wildman–Crippen LogP) is 2.04. The molecule has 2 N–H and O–H groups in total. The maximum Gasteiger partial charge on any atom is 0.319 e. The number of aryl methyl sites for hydroxylation is 1. The summed E-state index contributed by atoms with van der Waals surface area (Å²) in [6.07, 6.45) is 3.69. The summed E-state index contributed by atoms with van der Waals surface area (Å²) in [7, 11) is 0. The predicted molar refractivity (Wildman–Crippen MR) is 115 cm³/mol. The van der Waals surface area contributed by atoms with Crippen LogP contribution in [0.3, 0.4) is 0 Å². The summed E-state index contributed by atoms with van der Waals surface area (Å²) in [6, 6.07) is 6.95. The van der Waals surface area contributed by atoms with Gasteiger partial charge in [0.2, 0.25) is 11.9 Å². The SMILES string of the molecule is CCOc1ccc(NC(=O)NCCC(=O)N2CCN(c3ncccn3)CC2)c(C)c1. The standard InChI is InChI=1S/C21H28N6O3/c1-3-30-17-5-6-18(16(2)15-17)25-21(29)24-10-7-19(28)26-11-13-27(14-12-26)20-22-8-4-9-23-20/h4-6,8-9,15H,3,7,10-14H2,1-2H3,(H2,24,25,29). The Morgan fingerprint density at radius 1 is 1.13 bits per heavy atom. The number of rotatable bonds is 7. The largest absolute Gasteiger partial charge is 0.494 e. The monoisotopic (exact) mass is 412 g/mol. The third kappa shape index (κ3) is 5.82. The van der Waals surface area contributed by atoms with Gasteiger partial charge in [-0.1, -0.05) is 0 Å².